The Morgan fingerprint density at radius 2 is 1.77 bits per heavy atom. The second-order valence-electron chi connectivity index (χ2n) is 4.21. The van der Waals surface area contributed by atoms with Crippen molar-refractivity contribution < 1.29 is 4.79 Å². The summed E-state index contributed by atoms with van der Waals surface area (Å²) in [5, 5.41) is 12.2. The van der Waals surface area contributed by atoms with E-state index in [9.17, 15) is 4.79 Å². The highest BCUT2D eigenvalue weighted by Gasteiger charge is 2.08. The fraction of sp³-hybridized carbons (Fsp3) is 0.125. The number of nitrogens with one attached hydrogen (secondary N) is 1. The number of hydrogen-bond donors (Lipinski definition) is 1. The number of rotatable bonds is 6. The molecule has 1 amide bonds. The zero-order valence-corrected chi connectivity index (χ0v) is 14.0. The monoisotopic (exact) mass is 348 g/mol. The lowest BCUT2D eigenvalue weighted by Crippen LogP contribution is -2.14. The summed E-state index contributed by atoms with van der Waals surface area (Å²) in [6.45, 7) is 0. The van der Waals surface area contributed by atoms with Crippen molar-refractivity contribution in [2.24, 2.45) is 0 Å². The molecule has 2 rings (SSSR count). The Hall–Kier alpha value is -1.61. The van der Waals surface area contributed by atoms with Gasteiger partial charge in [-0.25, -0.2) is 0 Å². The van der Waals surface area contributed by atoms with Gasteiger partial charge in [-0.05, 0) is 24.3 Å². The molecule has 112 valence electrons. The third-order valence-corrected chi connectivity index (χ3v) is 5.10. The number of halogens is 1. The molecular formula is C16H13ClN2OS2. The van der Waals surface area contributed by atoms with Crippen LogP contribution in [0.3, 0.4) is 0 Å². The van der Waals surface area contributed by atoms with Crippen molar-refractivity contribution in [3.63, 3.8) is 0 Å². The van der Waals surface area contributed by atoms with Crippen molar-refractivity contribution in [1.29, 1.82) is 5.26 Å². The van der Waals surface area contributed by atoms with E-state index in [0.29, 0.717) is 10.8 Å². The first-order valence-electron chi connectivity index (χ1n) is 6.46. The van der Waals surface area contributed by atoms with Crippen LogP contribution in [-0.4, -0.2) is 17.4 Å². The Balaban J connectivity index is 1.95. The topological polar surface area (TPSA) is 52.9 Å². The highest BCUT2D eigenvalue weighted by Crippen LogP contribution is 2.28. The summed E-state index contributed by atoms with van der Waals surface area (Å²) >= 11 is 8.86. The predicted molar refractivity (Wildman–Crippen MR) is 93.6 cm³/mol. The van der Waals surface area contributed by atoms with Gasteiger partial charge in [-0.15, -0.1) is 23.5 Å². The average Bonchev–Trinajstić information content (AvgIpc) is 2.53. The summed E-state index contributed by atoms with van der Waals surface area (Å²) in [7, 11) is 0. The fourth-order valence-corrected chi connectivity index (χ4v) is 3.41. The molecule has 0 aliphatic heterocycles. The highest BCUT2D eigenvalue weighted by molar-refractivity contribution is 8.00. The fourth-order valence-electron chi connectivity index (χ4n) is 1.70. The Bertz CT molecular complexity index is 701. The van der Waals surface area contributed by atoms with Crippen LogP contribution in [0.15, 0.2) is 58.3 Å². The molecule has 0 aliphatic rings. The van der Waals surface area contributed by atoms with E-state index >= 15 is 0 Å². The van der Waals surface area contributed by atoms with Crippen molar-refractivity contribution >= 4 is 46.7 Å². The van der Waals surface area contributed by atoms with Crippen molar-refractivity contribution in [1.82, 2.24) is 0 Å². The van der Waals surface area contributed by atoms with E-state index in [1.165, 1.54) is 23.5 Å². The molecule has 0 spiro atoms. The van der Waals surface area contributed by atoms with Gasteiger partial charge in [-0.3, -0.25) is 4.79 Å². The van der Waals surface area contributed by atoms with Crippen molar-refractivity contribution in [3.05, 3.63) is 53.6 Å². The van der Waals surface area contributed by atoms with Gasteiger partial charge in [-0.1, -0.05) is 35.9 Å². The lowest BCUT2D eigenvalue weighted by Gasteiger charge is -2.09. The number of hydrogen-bond acceptors (Lipinski definition) is 4. The molecule has 0 saturated heterocycles. The Kier molecular flexibility index (Phi) is 6.66. The molecule has 1 N–H and O–H groups in total. The lowest BCUT2D eigenvalue weighted by atomic mass is 10.3. The number of anilines is 1. The molecule has 2 aromatic rings. The van der Waals surface area contributed by atoms with Gasteiger partial charge in [-0.2, -0.15) is 5.26 Å². The molecular weight excluding hydrogens is 336 g/mol. The zero-order chi connectivity index (χ0) is 15.8. The summed E-state index contributed by atoms with van der Waals surface area (Å²) < 4.78 is 0. The van der Waals surface area contributed by atoms with Crippen LogP contribution >= 0.6 is 35.1 Å². The van der Waals surface area contributed by atoms with Gasteiger partial charge in [0.05, 0.1) is 28.3 Å². The second kappa shape index (κ2) is 8.74. The third kappa shape index (κ3) is 4.99. The van der Waals surface area contributed by atoms with Crippen molar-refractivity contribution in [2.75, 3.05) is 16.8 Å². The minimum Gasteiger partial charge on any atom is -0.324 e. The van der Waals surface area contributed by atoms with Crippen LogP contribution in [0.4, 0.5) is 5.69 Å². The van der Waals surface area contributed by atoms with Gasteiger partial charge in [0, 0.05) is 9.79 Å². The predicted octanol–water partition coefficient (Wildman–Crippen LogP) is 4.69. The molecule has 0 radical (unpaired) electrons. The quantitative estimate of drug-likeness (QED) is 0.769. The minimum absolute atomic E-state index is 0.102. The first kappa shape index (κ1) is 16.8. The maximum atomic E-state index is 12.1. The molecule has 2 aromatic carbocycles. The number of nitriles is 1. The number of benzene rings is 2. The molecule has 0 aliphatic carbocycles. The number of carbonyl (C=O) groups excluding carboxylic acids is 1. The molecule has 3 nitrogen and oxygen atoms in total. The normalized spacial score (nSPS) is 10.0. The molecule has 0 bridgehead atoms. The summed E-state index contributed by atoms with van der Waals surface area (Å²) in [6.07, 6.45) is 0. The van der Waals surface area contributed by atoms with E-state index in [0.717, 1.165) is 15.5 Å². The second-order valence-corrected chi connectivity index (χ2v) is 6.65. The third-order valence-electron chi connectivity index (χ3n) is 2.65. The molecule has 0 unspecified atom stereocenters. The van der Waals surface area contributed by atoms with Gasteiger partial charge in [0.1, 0.15) is 0 Å². The first-order chi connectivity index (χ1) is 10.7. The van der Waals surface area contributed by atoms with E-state index in [2.05, 4.69) is 11.4 Å². The maximum absolute atomic E-state index is 12.1. The standard InChI is InChI=1S/C16H13ClN2OS2/c17-12-5-1-3-7-14(12)22-11-16(20)19-13-6-2-4-8-15(13)21-10-9-18/h1-8H,10-11H2,(H,19,20). The summed E-state index contributed by atoms with van der Waals surface area (Å²) in [5.74, 6) is 0.525. The van der Waals surface area contributed by atoms with Crippen LogP contribution in [0.5, 0.6) is 0 Å². The van der Waals surface area contributed by atoms with Crippen LogP contribution in [0.25, 0.3) is 0 Å². The lowest BCUT2D eigenvalue weighted by molar-refractivity contribution is -0.113. The smallest absolute Gasteiger partial charge is 0.234 e. The molecule has 0 atom stereocenters. The van der Waals surface area contributed by atoms with Crippen molar-refractivity contribution in [2.45, 2.75) is 9.79 Å². The first-order valence-corrected chi connectivity index (χ1v) is 8.81. The van der Waals surface area contributed by atoms with E-state index in [-0.39, 0.29) is 11.7 Å². The van der Waals surface area contributed by atoms with Crippen molar-refractivity contribution in [3.8, 4) is 6.07 Å². The Labute approximate surface area is 143 Å². The molecule has 0 saturated carbocycles. The number of nitrogens with zero attached hydrogens (tertiary/aromatic N) is 1. The van der Waals surface area contributed by atoms with Gasteiger partial charge in [0.15, 0.2) is 0 Å². The molecule has 0 fully saturated rings. The molecule has 22 heavy (non-hydrogen) atoms. The number of para-hydroxylation sites is 1. The SMILES string of the molecule is N#CCSc1ccccc1NC(=O)CSc1ccccc1Cl. The van der Waals surface area contributed by atoms with E-state index in [1.54, 1.807) is 6.07 Å². The van der Waals surface area contributed by atoms with E-state index in [4.69, 9.17) is 16.9 Å². The van der Waals surface area contributed by atoms with Gasteiger partial charge in [0.2, 0.25) is 5.91 Å². The van der Waals surface area contributed by atoms with Crippen LogP contribution < -0.4 is 5.32 Å². The van der Waals surface area contributed by atoms with Gasteiger partial charge in [0.25, 0.3) is 0 Å². The van der Waals surface area contributed by atoms with E-state index < -0.39 is 0 Å². The number of thioether (sulfide) groups is 2. The maximum Gasteiger partial charge on any atom is 0.234 e. The van der Waals surface area contributed by atoms with Crippen LogP contribution in [0, 0.1) is 11.3 Å². The van der Waals surface area contributed by atoms with Gasteiger partial charge < -0.3 is 5.32 Å². The average molecular weight is 349 g/mol. The minimum atomic E-state index is -0.102. The number of carbonyl (C=O) groups is 1. The molecule has 0 aromatic heterocycles. The van der Waals surface area contributed by atoms with Crippen LogP contribution in [0.1, 0.15) is 0 Å². The summed E-state index contributed by atoms with van der Waals surface area (Å²) in [5.41, 5.74) is 0.729. The van der Waals surface area contributed by atoms with Gasteiger partial charge >= 0.3 is 0 Å². The zero-order valence-electron chi connectivity index (χ0n) is 11.6. The Morgan fingerprint density at radius 3 is 2.50 bits per heavy atom. The Morgan fingerprint density at radius 1 is 1.09 bits per heavy atom. The largest absolute Gasteiger partial charge is 0.324 e. The van der Waals surface area contributed by atoms with E-state index in [1.807, 2.05) is 42.5 Å². The summed E-state index contributed by atoms with van der Waals surface area (Å²) in [6, 6.07) is 17.0. The molecule has 6 heteroatoms. The highest BCUT2D eigenvalue weighted by atomic mass is 35.5. The van der Waals surface area contributed by atoms with Crippen LogP contribution in [0.2, 0.25) is 5.02 Å². The summed E-state index contributed by atoms with van der Waals surface area (Å²) in [4.78, 5) is 13.8. The number of amides is 1. The van der Waals surface area contributed by atoms with Crippen LogP contribution in [-0.2, 0) is 4.79 Å². The molecule has 0 heterocycles.